The fourth-order valence-corrected chi connectivity index (χ4v) is 1.94. The minimum Gasteiger partial charge on any atom is -0.489 e. The third-order valence-electron chi connectivity index (χ3n) is 3.04. The summed E-state index contributed by atoms with van der Waals surface area (Å²) in [5.74, 6) is -1.16. The molecule has 114 valence electrons. The van der Waals surface area contributed by atoms with Crippen LogP contribution in [-0.4, -0.2) is 17.0 Å². The number of carboxylic acid groups (broad SMARTS) is 1. The highest BCUT2D eigenvalue weighted by Crippen LogP contribution is 2.24. The maximum atomic E-state index is 11.1. The van der Waals surface area contributed by atoms with Crippen molar-refractivity contribution >= 4 is 11.9 Å². The first-order valence-corrected chi connectivity index (χ1v) is 6.70. The summed E-state index contributed by atoms with van der Waals surface area (Å²) in [6.07, 6.45) is 0. The zero-order valence-corrected chi connectivity index (χ0v) is 12.3. The van der Waals surface area contributed by atoms with Gasteiger partial charge in [0.15, 0.2) is 0 Å². The molecule has 0 saturated heterocycles. The number of aromatic carboxylic acids is 1. The summed E-state index contributed by atoms with van der Waals surface area (Å²) in [5, 5.41) is 9.10. The minimum absolute atomic E-state index is 0.00136. The maximum absolute atomic E-state index is 11.1. The van der Waals surface area contributed by atoms with E-state index in [1.807, 2.05) is 31.2 Å². The van der Waals surface area contributed by atoms with E-state index in [2.05, 4.69) is 0 Å². The minimum atomic E-state index is -1.12. The predicted octanol–water partition coefficient (Wildman–Crippen LogP) is 3.20. The van der Waals surface area contributed by atoms with E-state index in [0.717, 1.165) is 11.1 Å². The molecule has 0 amide bonds. The molecule has 5 heteroatoms. The highest BCUT2D eigenvalue weighted by Gasteiger charge is 2.10. The van der Waals surface area contributed by atoms with Gasteiger partial charge in [-0.05, 0) is 30.2 Å². The molecule has 0 saturated carbocycles. The quantitative estimate of drug-likeness (QED) is 0.678. The Bertz CT molecular complexity index is 706. The lowest BCUT2D eigenvalue weighted by Gasteiger charge is -2.11. The number of aryl methyl sites for hydroxylation is 1. The summed E-state index contributed by atoms with van der Waals surface area (Å²) in [7, 11) is 0. The van der Waals surface area contributed by atoms with E-state index >= 15 is 0 Å². The number of hydrogen-bond donors (Lipinski definition) is 1. The van der Waals surface area contributed by atoms with E-state index in [-0.39, 0.29) is 11.3 Å². The topological polar surface area (TPSA) is 72.8 Å². The van der Waals surface area contributed by atoms with Crippen LogP contribution in [0.25, 0.3) is 0 Å². The summed E-state index contributed by atoms with van der Waals surface area (Å²) in [4.78, 5) is 22.1. The predicted molar refractivity (Wildman–Crippen MR) is 80.2 cm³/mol. The molecule has 0 atom stereocenters. The molecule has 2 aromatic rings. The van der Waals surface area contributed by atoms with Gasteiger partial charge in [0.05, 0.1) is 5.56 Å². The van der Waals surface area contributed by atoms with Gasteiger partial charge < -0.3 is 14.6 Å². The number of hydrogen-bond acceptors (Lipinski definition) is 4. The molecule has 5 nitrogen and oxygen atoms in total. The molecule has 0 bridgehead atoms. The van der Waals surface area contributed by atoms with Crippen LogP contribution in [0.15, 0.2) is 42.5 Å². The monoisotopic (exact) mass is 300 g/mol. The number of esters is 1. The summed E-state index contributed by atoms with van der Waals surface area (Å²) in [6.45, 7) is 3.52. The van der Waals surface area contributed by atoms with Crippen molar-refractivity contribution in [2.24, 2.45) is 0 Å². The van der Waals surface area contributed by atoms with Crippen LogP contribution in [0.5, 0.6) is 11.5 Å². The fourth-order valence-electron chi connectivity index (χ4n) is 1.94. The van der Waals surface area contributed by atoms with Gasteiger partial charge in [-0.3, -0.25) is 4.79 Å². The van der Waals surface area contributed by atoms with E-state index < -0.39 is 11.9 Å². The van der Waals surface area contributed by atoms with E-state index in [1.165, 1.54) is 25.1 Å². The fraction of sp³-hybridized carbons (Fsp3) is 0.176. The van der Waals surface area contributed by atoms with Gasteiger partial charge in [-0.1, -0.05) is 24.3 Å². The van der Waals surface area contributed by atoms with Gasteiger partial charge in [0.2, 0.25) is 0 Å². The number of benzene rings is 2. The Hall–Kier alpha value is -2.82. The van der Waals surface area contributed by atoms with Gasteiger partial charge in [-0.25, -0.2) is 4.79 Å². The van der Waals surface area contributed by atoms with Crippen molar-refractivity contribution in [3.63, 3.8) is 0 Å². The van der Waals surface area contributed by atoms with Crippen LogP contribution in [0, 0.1) is 6.92 Å². The molecule has 0 aliphatic carbocycles. The summed E-state index contributed by atoms with van der Waals surface area (Å²) >= 11 is 0. The van der Waals surface area contributed by atoms with E-state index in [4.69, 9.17) is 14.6 Å². The molecule has 0 unspecified atom stereocenters. The summed E-state index contributed by atoms with van der Waals surface area (Å²) < 4.78 is 10.6. The molecule has 0 spiro atoms. The lowest BCUT2D eigenvalue weighted by atomic mass is 10.1. The Labute approximate surface area is 128 Å². The molecular weight excluding hydrogens is 284 g/mol. The van der Waals surface area contributed by atoms with Gasteiger partial charge in [-0.15, -0.1) is 0 Å². The number of ether oxygens (including phenoxy) is 2. The van der Waals surface area contributed by atoms with Crippen molar-refractivity contribution in [2.75, 3.05) is 0 Å². The van der Waals surface area contributed by atoms with Crippen LogP contribution >= 0.6 is 0 Å². The first kappa shape index (κ1) is 15.6. The van der Waals surface area contributed by atoms with Crippen molar-refractivity contribution < 1.29 is 24.2 Å². The number of carbonyl (C=O) groups excluding carboxylic acids is 1. The SMILES string of the molecule is CC(=O)Oc1cc(OCc2ccccc2C)cc(C(=O)O)c1. The Morgan fingerprint density at radius 1 is 1.09 bits per heavy atom. The Morgan fingerprint density at radius 2 is 1.77 bits per heavy atom. The second-order valence-corrected chi connectivity index (χ2v) is 4.81. The lowest BCUT2D eigenvalue weighted by molar-refractivity contribution is -0.131. The van der Waals surface area contributed by atoms with Gasteiger partial charge in [0, 0.05) is 13.0 Å². The standard InChI is InChI=1S/C17H16O5/c1-11-5-3-4-6-13(11)10-21-15-7-14(17(19)20)8-16(9-15)22-12(2)18/h3-9H,10H2,1-2H3,(H,19,20). The second kappa shape index (κ2) is 6.76. The zero-order chi connectivity index (χ0) is 16.1. The van der Waals surface area contributed by atoms with Crippen molar-refractivity contribution in [1.29, 1.82) is 0 Å². The summed E-state index contributed by atoms with van der Waals surface area (Å²) in [5.41, 5.74) is 2.08. The molecule has 0 heterocycles. The molecule has 2 aromatic carbocycles. The van der Waals surface area contributed by atoms with E-state index in [0.29, 0.717) is 12.4 Å². The van der Waals surface area contributed by atoms with Crippen LogP contribution in [0.4, 0.5) is 0 Å². The smallest absolute Gasteiger partial charge is 0.335 e. The van der Waals surface area contributed by atoms with Crippen LogP contribution < -0.4 is 9.47 Å². The van der Waals surface area contributed by atoms with Crippen molar-refractivity contribution in [3.8, 4) is 11.5 Å². The van der Waals surface area contributed by atoms with Crippen molar-refractivity contribution in [3.05, 3.63) is 59.2 Å². The summed E-state index contributed by atoms with van der Waals surface area (Å²) in [6, 6.07) is 11.9. The lowest BCUT2D eigenvalue weighted by Crippen LogP contribution is -2.05. The average molecular weight is 300 g/mol. The van der Waals surface area contributed by atoms with Crippen LogP contribution in [0.3, 0.4) is 0 Å². The molecule has 1 N–H and O–H groups in total. The maximum Gasteiger partial charge on any atom is 0.335 e. The largest absolute Gasteiger partial charge is 0.489 e. The molecule has 0 aliphatic rings. The van der Waals surface area contributed by atoms with Gasteiger partial charge >= 0.3 is 11.9 Å². The van der Waals surface area contributed by atoms with Gasteiger partial charge in [0.1, 0.15) is 18.1 Å². The highest BCUT2D eigenvalue weighted by atomic mass is 16.5. The first-order chi connectivity index (χ1) is 10.5. The Morgan fingerprint density at radius 3 is 2.41 bits per heavy atom. The normalized spacial score (nSPS) is 10.1. The van der Waals surface area contributed by atoms with E-state index in [1.54, 1.807) is 0 Å². The molecule has 0 aliphatic heterocycles. The van der Waals surface area contributed by atoms with Crippen molar-refractivity contribution in [2.45, 2.75) is 20.5 Å². The third-order valence-corrected chi connectivity index (χ3v) is 3.04. The molecule has 0 aromatic heterocycles. The molecular formula is C17H16O5. The van der Waals surface area contributed by atoms with Gasteiger partial charge in [0.25, 0.3) is 0 Å². The zero-order valence-electron chi connectivity index (χ0n) is 12.3. The van der Waals surface area contributed by atoms with Gasteiger partial charge in [-0.2, -0.15) is 0 Å². The highest BCUT2D eigenvalue weighted by molar-refractivity contribution is 5.89. The number of carboxylic acids is 1. The van der Waals surface area contributed by atoms with Crippen LogP contribution in [0.2, 0.25) is 0 Å². The average Bonchev–Trinajstić information content (AvgIpc) is 2.45. The second-order valence-electron chi connectivity index (χ2n) is 4.81. The Kier molecular flexibility index (Phi) is 4.78. The Balaban J connectivity index is 2.22. The number of carbonyl (C=O) groups is 2. The molecule has 22 heavy (non-hydrogen) atoms. The first-order valence-electron chi connectivity index (χ1n) is 6.70. The molecule has 0 fully saturated rings. The van der Waals surface area contributed by atoms with E-state index in [9.17, 15) is 9.59 Å². The molecule has 2 rings (SSSR count). The van der Waals surface area contributed by atoms with Crippen molar-refractivity contribution in [1.82, 2.24) is 0 Å². The number of rotatable bonds is 5. The van der Waals surface area contributed by atoms with Crippen LogP contribution in [0.1, 0.15) is 28.4 Å². The van der Waals surface area contributed by atoms with Crippen LogP contribution in [-0.2, 0) is 11.4 Å². The molecule has 0 radical (unpaired) electrons. The third kappa shape index (κ3) is 4.09.